The molecule has 6 nitrogen and oxygen atoms in total. The number of ether oxygens (including phenoxy) is 1. The van der Waals surface area contributed by atoms with Crippen LogP contribution in [0.5, 0.6) is 0 Å². The molecule has 2 rings (SSSR count). The number of rotatable bonds is 4. The quantitative estimate of drug-likeness (QED) is 0.860. The Hall–Kier alpha value is -2.21. The second-order valence-corrected chi connectivity index (χ2v) is 3.81. The molecule has 94 valence electrons. The van der Waals surface area contributed by atoms with Gasteiger partial charge < -0.3 is 9.84 Å². The van der Waals surface area contributed by atoms with Gasteiger partial charge in [-0.25, -0.2) is 9.78 Å². The largest absolute Gasteiger partial charge is 0.479 e. The fourth-order valence-corrected chi connectivity index (χ4v) is 1.46. The fraction of sp³-hybridized carbons (Fsp3) is 0.250. The molecule has 0 aromatic carbocycles. The molecule has 1 N–H and O–H groups in total. The predicted molar refractivity (Wildman–Crippen MR) is 63.3 cm³/mol. The summed E-state index contributed by atoms with van der Waals surface area (Å²) in [6.45, 7) is 1.42. The van der Waals surface area contributed by atoms with Crippen LogP contribution in [0.4, 0.5) is 0 Å². The molecule has 18 heavy (non-hydrogen) atoms. The summed E-state index contributed by atoms with van der Waals surface area (Å²) in [6, 6.07) is 6.54. The molecule has 0 saturated heterocycles. The number of pyridine rings is 1. The summed E-state index contributed by atoms with van der Waals surface area (Å²) in [5, 5.41) is 8.68. The molecule has 0 spiro atoms. The van der Waals surface area contributed by atoms with Crippen molar-refractivity contribution in [1.82, 2.24) is 9.38 Å². The van der Waals surface area contributed by atoms with Crippen LogP contribution >= 0.6 is 0 Å². The SMILES string of the molecule is C[C@@H](OCc1cc(=O)n2ccccc2n1)C(=O)O. The maximum atomic E-state index is 11.7. The van der Waals surface area contributed by atoms with Gasteiger partial charge in [-0.05, 0) is 19.1 Å². The van der Waals surface area contributed by atoms with E-state index in [2.05, 4.69) is 4.98 Å². The van der Waals surface area contributed by atoms with Gasteiger partial charge in [-0.2, -0.15) is 0 Å². The van der Waals surface area contributed by atoms with Crippen LogP contribution in [0.1, 0.15) is 12.6 Å². The first kappa shape index (κ1) is 12.3. The number of fused-ring (bicyclic) bond motifs is 1. The molecule has 0 amide bonds. The van der Waals surface area contributed by atoms with Crippen LogP contribution in [-0.2, 0) is 16.1 Å². The normalized spacial score (nSPS) is 12.5. The lowest BCUT2D eigenvalue weighted by atomic mass is 10.3. The van der Waals surface area contributed by atoms with E-state index in [1.807, 2.05) is 0 Å². The van der Waals surface area contributed by atoms with Gasteiger partial charge >= 0.3 is 5.97 Å². The number of hydrogen-bond acceptors (Lipinski definition) is 4. The van der Waals surface area contributed by atoms with Crippen LogP contribution in [0.2, 0.25) is 0 Å². The topological polar surface area (TPSA) is 80.9 Å². The third-order valence-electron chi connectivity index (χ3n) is 2.45. The molecule has 2 heterocycles. The Bertz CT molecular complexity index is 635. The first-order valence-electron chi connectivity index (χ1n) is 5.39. The zero-order valence-corrected chi connectivity index (χ0v) is 9.74. The second kappa shape index (κ2) is 4.97. The molecule has 0 aliphatic heterocycles. The van der Waals surface area contributed by atoms with E-state index in [0.29, 0.717) is 11.3 Å². The molecule has 2 aromatic heterocycles. The molecule has 0 saturated carbocycles. The van der Waals surface area contributed by atoms with Gasteiger partial charge in [-0.1, -0.05) is 6.07 Å². The van der Waals surface area contributed by atoms with Gasteiger partial charge in [-0.3, -0.25) is 9.20 Å². The summed E-state index contributed by atoms with van der Waals surface area (Å²) in [5.41, 5.74) is 0.702. The van der Waals surface area contributed by atoms with Gasteiger partial charge in [0.1, 0.15) is 5.65 Å². The average molecular weight is 248 g/mol. The van der Waals surface area contributed by atoms with Crippen molar-refractivity contribution in [2.45, 2.75) is 19.6 Å². The lowest BCUT2D eigenvalue weighted by molar-refractivity contribution is -0.149. The maximum absolute atomic E-state index is 11.7. The minimum Gasteiger partial charge on any atom is -0.479 e. The predicted octanol–water partition coefficient (Wildman–Crippen LogP) is 0.684. The smallest absolute Gasteiger partial charge is 0.332 e. The molecule has 1 atom stereocenters. The Morgan fingerprint density at radius 2 is 2.33 bits per heavy atom. The van der Waals surface area contributed by atoms with E-state index in [0.717, 1.165) is 0 Å². The number of carbonyl (C=O) groups is 1. The molecule has 0 aliphatic rings. The van der Waals surface area contributed by atoms with E-state index >= 15 is 0 Å². The molecule has 0 unspecified atom stereocenters. The van der Waals surface area contributed by atoms with Crippen molar-refractivity contribution in [2.24, 2.45) is 0 Å². The first-order chi connectivity index (χ1) is 8.58. The van der Waals surface area contributed by atoms with Crippen molar-refractivity contribution in [3.8, 4) is 0 Å². The minimum atomic E-state index is -1.05. The number of carboxylic acids is 1. The third-order valence-corrected chi connectivity index (χ3v) is 2.45. The molecular weight excluding hydrogens is 236 g/mol. The Kier molecular flexibility index (Phi) is 3.38. The fourth-order valence-electron chi connectivity index (χ4n) is 1.46. The standard InChI is InChI=1S/C12H12N2O4/c1-8(12(16)17)18-7-9-6-11(15)14-5-3-2-4-10(14)13-9/h2-6,8H,7H2,1H3,(H,16,17)/t8-/m1/s1. The Labute approximate surface area is 102 Å². The zero-order chi connectivity index (χ0) is 13.1. The van der Waals surface area contributed by atoms with Crippen LogP contribution in [-0.4, -0.2) is 26.6 Å². The van der Waals surface area contributed by atoms with Crippen molar-refractivity contribution in [3.05, 3.63) is 46.5 Å². The highest BCUT2D eigenvalue weighted by atomic mass is 16.5. The summed E-state index contributed by atoms with van der Waals surface area (Å²) in [4.78, 5) is 26.5. The van der Waals surface area contributed by atoms with Crippen molar-refractivity contribution < 1.29 is 14.6 Å². The monoisotopic (exact) mass is 248 g/mol. The van der Waals surface area contributed by atoms with Crippen LogP contribution < -0.4 is 5.56 Å². The summed E-state index contributed by atoms with van der Waals surface area (Å²) in [7, 11) is 0. The number of nitrogens with zero attached hydrogens (tertiary/aromatic N) is 2. The van der Waals surface area contributed by atoms with E-state index in [1.54, 1.807) is 24.4 Å². The number of carboxylic acid groups (broad SMARTS) is 1. The number of hydrogen-bond donors (Lipinski definition) is 1. The van der Waals surface area contributed by atoms with Crippen molar-refractivity contribution in [2.75, 3.05) is 0 Å². The number of aliphatic carboxylic acids is 1. The summed E-state index contributed by atoms with van der Waals surface area (Å²) in [5.74, 6) is -1.05. The van der Waals surface area contributed by atoms with Crippen molar-refractivity contribution >= 4 is 11.6 Å². The molecule has 0 fully saturated rings. The summed E-state index contributed by atoms with van der Waals surface area (Å²) < 4.78 is 6.49. The van der Waals surface area contributed by atoms with Gasteiger partial charge in [0, 0.05) is 12.3 Å². The summed E-state index contributed by atoms with van der Waals surface area (Å²) in [6.07, 6.45) is 0.691. The molecule has 0 radical (unpaired) electrons. The van der Waals surface area contributed by atoms with E-state index < -0.39 is 12.1 Å². The van der Waals surface area contributed by atoms with E-state index in [9.17, 15) is 9.59 Å². The lowest BCUT2D eigenvalue weighted by Crippen LogP contribution is -2.21. The highest BCUT2D eigenvalue weighted by molar-refractivity contribution is 5.71. The highest BCUT2D eigenvalue weighted by Crippen LogP contribution is 2.02. The van der Waals surface area contributed by atoms with Crippen LogP contribution in [0.15, 0.2) is 35.3 Å². The molecule has 0 aliphatic carbocycles. The van der Waals surface area contributed by atoms with E-state index in [4.69, 9.17) is 9.84 Å². The van der Waals surface area contributed by atoms with Gasteiger partial charge in [-0.15, -0.1) is 0 Å². The lowest BCUT2D eigenvalue weighted by Gasteiger charge is -2.08. The zero-order valence-electron chi connectivity index (χ0n) is 9.74. The molecule has 0 bridgehead atoms. The van der Waals surface area contributed by atoms with Gasteiger partial charge in [0.25, 0.3) is 5.56 Å². The van der Waals surface area contributed by atoms with Crippen LogP contribution in [0, 0.1) is 0 Å². The highest BCUT2D eigenvalue weighted by Gasteiger charge is 2.11. The van der Waals surface area contributed by atoms with Crippen molar-refractivity contribution in [1.29, 1.82) is 0 Å². The van der Waals surface area contributed by atoms with Gasteiger partial charge in [0.2, 0.25) is 0 Å². The van der Waals surface area contributed by atoms with E-state index in [1.165, 1.54) is 17.4 Å². The third kappa shape index (κ3) is 2.54. The maximum Gasteiger partial charge on any atom is 0.332 e. The number of aromatic nitrogens is 2. The van der Waals surface area contributed by atoms with Crippen LogP contribution in [0.3, 0.4) is 0 Å². The molecular formula is C12H12N2O4. The van der Waals surface area contributed by atoms with Crippen molar-refractivity contribution in [3.63, 3.8) is 0 Å². The summed E-state index contributed by atoms with van der Waals surface area (Å²) >= 11 is 0. The second-order valence-electron chi connectivity index (χ2n) is 3.81. The first-order valence-corrected chi connectivity index (χ1v) is 5.39. The molecule has 2 aromatic rings. The Morgan fingerprint density at radius 3 is 3.06 bits per heavy atom. The average Bonchev–Trinajstić information content (AvgIpc) is 2.36. The minimum absolute atomic E-state index is 0.00585. The van der Waals surface area contributed by atoms with Gasteiger partial charge in [0.05, 0.1) is 12.3 Å². The Morgan fingerprint density at radius 1 is 1.56 bits per heavy atom. The van der Waals surface area contributed by atoms with Gasteiger partial charge in [0.15, 0.2) is 6.10 Å². The van der Waals surface area contributed by atoms with Crippen LogP contribution in [0.25, 0.3) is 5.65 Å². The van der Waals surface area contributed by atoms with E-state index in [-0.39, 0.29) is 12.2 Å². The molecule has 6 heteroatoms. The Balaban J connectivity index is 2.25.